The molecule has 0 amide bonds. The van der Waals surface area contributed by atoms with Gasteiger partial charge in [-0.3, -0.25) is 4.68 Å². The van der Waals surface area contributed by atoms with Crippen LogP contribution in [0.1, 0.15) is 57.8 Å². The molecule has 1 aliphatic rings. The fourth-order valence-corrected chi connectivity index (χ4v) is 3.40. The molecule has 1 saturated carbocycles. The number of nitrogens with zero attached hydrogens (tertiary/aromatic N) is 2. The van der Waals surface area contributed by atoms with Gasteiger partial charge in [-0.1, -0.05) is 26.7 Å². The van der Waals surface area contributed by atoms with Gasteiger partial charge in [-0.05, 0) is 44.1 Å². The molecule has 0 spiro atoms. The third-order valence-corrected chi connectivity index (χ3v) is 4.60. The van der Waals surface area contributed by atoms with Crippen molar-refractivity contribution in [2.75, 3.05) is 0 Å². The highest BCUT2D eigenvalue weighted by atomic mass is 15.3. The van der Waals surface area contributed by atoms with Gasteiger partial charge < -0.3 is 5.73 Å². The van der Waals surface area contributed by atoms with Gasteiger partial charge in [-0.25, -0.2) is 0 Å². The molecule has 19 heavy (non-hydrogen) atoms. The van der Waals surface area contributed by atoms with Gasteiger partial charge in [0.1, 0.15) is 0 Å². The minimum absolute atomic E-state index is 0.300. The largest absolute Gasteiger partial charge is 0.327 e. The zero-order chi connectivity index (χ0) is 13.8. The first-order valence-electron chi connectivity index (χ1n) is 7.95. The van der Waals surface area contributed by atoms with Crippen molar-refractivity contribution in [2.24, 2.45) is 17.6 Å². The quantitative estimate of drug-likeness (QED) is 0.887. The Kier molecular flexibility index (Phi) is 5.03. The van der Waals surface area contributed by atoms with E-state index in [-0.39, 0.29) is 0 Å². The number of hydrogen-bond donors (Lipinski definition) is 1. The summed E-state index contributed by atoms with van der Waals surface area (Å²) in [7, 11) is 0. The van der Waals surface area contributed by atoms with Crippen molar-refractivity contribution >= 4 is 0 Å². The van der Waals surface area contributed by atoms with E-state index in [0.29, 0.717) is 12.0 Å². The Labute approximate surface area is 117 Å². The van der Waals surface area contributed by atoms with Crippen LogP contribution >= 0.6 is 0 Å². The van der Waals surface area contributed by atoms with Crippen LogP contribution in [0.25, 0.3) is 0 Å². The standard InChI is InChI=1S/C16H29N3/c1-4-14-10-15(19(5-2)18-14)11-16(17)13-8-6-7-12(3)9-13/h10,12-13,16H,4-9,11,17H2,1-3H3. The van der Waals surface area contributed by atoms with Crippen LogP contribution in [0.2, 0.25) is 0 Å². The molecule has 1 fully saturated rings. The van der Waals surface area contributed by atoms with Crippen molar-refractivity contribution in [3.8, 4) is 0 Å². The first-order chi connectivity index (χ1) is 9.13. The highest BCUT2D eigenvalue weighted by Gasteiger charge is 2.25. The molecule has 1 aromatic rings. The van der Waals surface area contributed by atoms with Crippen LogP contribution < -0.4 is 5.73 Å². The van der Waals surface area contributed by atoms with Crippen LogP contribution in [-0.4, -0.2) is 15.8 Å². The van der Waals surface area contributed by atoms with Crippen LogP contribution in [-0.2, 0) is 19.4 Å². The third kappa shape index (κ3) is 3.59. The Hall–Kier alpha value is -0.830. The zero-order valence-corrected chi connectivity index (χ0v) is 12.7. The molecule has 0 aliphatic heterocycles. The van der Waals surface area contributed by atoms with Gasteiger partial charge in [0, 0.05) is 24.7 Å². The van der Waals surface area contributed by atoms with E-state index in [0.717, 1.165) is 25.3 Å². The molecule has 2 N–H and O–H groups in total. The summed E-state index contributed by atoms with van der Waals surface area (Å²) in [6, 6.07) is 2.55. The maximum Gasteiger partial charge on any atom is 0.0624 e. The Balaban J connectivity index is 2.01. The molecule has 3 unspecified atom stereocenters. The number of nitrogens with two attached hydrogens (primary N) is 1. The van der Waals surface area contributed by atoms with E-state index < -0.39 is 0 Å². The van der Waals surface area contributed by atoms with Crippen molar-refractivity contribution < 1.29 is 0 Å². The van der Waals surface area contributed by atoms with E-state index in [1.165, 1.54) is 37.1 Å². The lowest BCUT2D eigenvalue weighted by Crippen LogP contribution is -2.35. The minimum atomic E-state index is 0.300. The molecular formula is C16H29N3. The summed E-state index contributed by atoms with van der Waals surface area (Å²) in [6.07, 6.45) is 7.35. The van der Waals surface area contributed by atoms with Crippen molar-refractivity contribution in [1.82, 2.24) is 9.78 Å². The van der Waals surface area contributed by atoms with Crippen molar-refractivity contribution in [3.05, 3.63) is 17.5 Å². The summed E-state index contributed by atoms with van der Waals surface area (Å²) >= 11 is 0. The molecule has 1 aliphatic carbocycles. The van der Waals surface area contributed by atoms with E-state index in [1.54, 1.807) is 0 Å². The molecule has 108 valence electrons. The highest BCUT2D eigenvalue weighted by molar-refractivity contribution is 5.12. The maximum atomic E-state index is 6.48. The second-order valence-electron chi connectivity index (χ2n) is 6.20. The molecule has 1 heterocycles. The lowest BCUT2D eigenvalue weighted by molar-refractivity contribution is 0.243. The van der Waals surface area contributed by atoms with Gasteiger partial charge in [-0.2, -0.15) is 5.10 Å². The zero-order valence-electron chi connectivity index (χ0n) is 12.7. The second kappa shape index (κ2) is 6.56. The fraction of sp³-hybridized carbons (Fsp3) is 0.812. The summed E-state index contributed by atoms with van der Waals surface area (Å²) in [4.78, 5) is 0. The van der Waals surface area contributed by atoms with Crippen LogP contribution in [0, 0.1) is 11.8 Å². The van der Waals surface area contributed by atoms with Crippen LogP contribution in [0.5, 0.6) is 0 Å². The van der Waals surface area contributed by atoms with Gasteiger partial charge in [0.2, 0.25) is 0 Å². The minimum Gasteiger partial charge on any atom is -0.327 e. The molecule has 3 atom stereocenters. The molecule has 2 rings (SSSR count). The van der Waals surface area contributed by atoms with Crippen molar-refractivity contribution in [2.45, 2.75) is 71.9 Å². The van der Waals surface area contributed by atoms with Gasteiger partial charge in [-0.15, -0.1) is 0 Å². The van der Waals surface area contributed by atoms with E-state index in [9.17, 15) is 0 Å². The Morgan fingerprint density at radius 1 is 1.42 bits per heavy atom. The molecule has 1 aromatic heterocycles. The van der Waals surface area contributed by atoms with Crippen LogP contribution in [0.4, 0.5) is 0 Å². The Bertz CT molecular complexity index is 397. The van der Waals surface area contributed by atoms with Crippen molar-refractivity contribution in [1.29, 1.82) is 0 Å². The molecule has 0 radical (unpaired) electrons. The summed E-state index contributed by atoms with van der Waals surface area (Å²) in [5.41, 5.74) is 9.00. The summed E-state index contributed by atoms with van der Waals surface area (Å²) < 4.78 is 2.13. The average molecular weight is 263 g/mol. The summed E-state index contributed by atoms with van der Waals surface area (Å²) in [6.45, 7) is 7.63. The molecule has 0 saturated heterocycles. The smallest absolute Gasteiger partial charge is 0.0624 e. The van der Waals surface area contributed by atoms with Gasteiger partial charge in [0.15, 0.2) is 0 Å². The first-order valence-corrected chi connectivity index (χ1v) is 7.95. The Morgan fingerprint density at radius 2 is 2.21 bits per heavy atom. The lowest BCUT2D eigenvalue weighted by atomic mass is 9.78. The van der Waals surface area contributed by atoms with Crippen molar-refractivity contribution in [3.63, 3.8) is 0 Å². The molecule has 0 bridgehead atoms. The first kappa shape index (κ1) is 14.6. The fourth-order valence-electron chi connectivity index (χ4n) is 3.40. The van der Waals surface area contributed by atoms with E-state index in [1.807, 2.05) is 0 Å². The summed E-state index contributed by atoms with van der Waals surface area (Å²) in [5, 5.41) is 4.62. The van der Waals surface area contributed by atoms with E-state index >= 15 is 0 Å². The molecular weight excluding hydrogens is 234 g/mol. The second-order valence-corrected chi connectivity index (χ2v) is 6.20. The summed E-state index contributed by atoms with van der Waals surface area (Å²) in [5.74, 6) is 1.56. The highest BCUT2D eigenvalue weighted by Crippen LogP contribution is 2.31. The van der Waals surface area contributed by atoms with E-state index in [4.69, 9.17) is 5.73 Å². The average Bonchev–Trinajstić information content (AvgIpc) is 2.81. The number of hydrogen-bond acceptors (Lipinski definition) is 2. The van der Waals surface area contributed by atoms with Gasteiger partial charge >= 0.3 is 0 Å². The number of aryl methyl sites for hydroxylation is 2. The SMILES string of the molecule is CCc1cc(CC(N)C2CCCC(C)C2)n(CC)n1. The van der Waals surface area contributed by atoms with Crippen LogP contribution in [0.15, 0.2) is 6.07 Å². The van der Waals surface area contributed by atoms with Crippen LogP contribution in [0.3, 0.4) is 0 Å². The van der Waals surface area contributed by atoms with E-state index in [2.05, 4.69) is 36.6 Å². The third-order valence-electron chi connectivity index (χ3n) is 4.60. The van der Waals surface area contributed by atoms with Gasteiger partial charge in [0.05, 0.1) is 5.69 Å². The number of rotatable bonds is 5. The topological polar surface area (TPSA) is 43.8 Å². The molecule has 3 heteroatoms. The van der Waals surface area contributed by atoms with Gasteiger partial charge in [0.25, 0.3) is 0 Å². The number of aromatic nitrogens is 2. The molecule has 0 aromatic carbocycles. The maximum absolute atomic E-state index is 6.48. The predicted octanol–water partition coefficient (Wildman–Crippen LogP) is 3.16. The normalized spacial score (nSPS) is 25.5. The monoisotopic (exact) mass is 263 g/mol. The Morgan fingerprint density at radius 3 is 2.84 bits per heavy atom. The molecule has 3 nitrogen and oxygen atoms in total. The predicted molar refractivity (Wildman–Crippen MR) is 80.1 cm³/mol. The lowest BCUT2D eigenvalue weighted by Gasteiger charge is -2.31.